The van der Waals surface area contributed by atoms with Crippen LogP contribution in [-0.4, -0.2) is 6.04 Å². The van der Waals surface area contributed by atoms with Crippen LogP contribution in [0.3, 0.4) is 0 Å². The fraction of sp³-hybridized carbons (Fsp3) is 0.294. The monoisotopic (exact) mass is 353 g/mol. The Kier molecular flexibility index (Phi) is 4.79. The zero-order valence-corrected chi connectivity index (χ0v) is 13.6. The van der Waals surface area contributed by atoms with E-state index in [1.807, 2.05) is 19.9 Å². The summed E-state index contributed by atoms with van der Waals surface area (Å²) in [4.78, 5) is 0. The van der Waals surface area contributed by atoms with E-state index in [2.05, 4.69) is 15.9 Å². The van der Waals surface area contributed by atoms with Gasteiger partial charge in [0, 0.05) is 15.9 Å². The van der Waals surface area contributed by atoms with Gasteiger partial charge in [0.1, 0.15) is 11.6 Å². The highest BCUT2D eigenvalue weighted by molar-refractivity contribution is 9.10. The van der Waals surface area contributed by atoms with Gasteiger partial charge in [0.15, 0.2) is 0 Å². The lowest BCUT2D eigenvalue weighted by Gasteiger charge is -2.32. The molecule has 0 bridgehead atoms. The average Bonchev–Trinajstić information content (AvgIpc) is 2.37. The number of benzene rings is 2. The first-order valence-electron chi connectivity index (χ1n) is 6.75. The van der Waals surface area contributed by atoms with Crippen molar-refractivity contribution < 1.29 is 8.78 Å². The number of rotatable bonds is 4. The Balaban J connectivity index is 2.21. The van der Waals surface area contributed by atoms with Gasteiger partial charge in [-0.3, -0.25) is 0 Å². The van der Waals surface area contributed by atoms with Gasteiger partial charge in [0.05, 0.1) is 0 Å². The van der Waals surface area contributed by atoms with Crippen LogP contribution < -0.4 is 5.73 Å². The fourth-order valence-corrected chi connectivity index (χ4v) is 2.84. The van der Waals surface area contributed by atoms with E-state index in [1.165, 1.54) is 24.3 Å². The first-order chi connectivity index (χ1) is 9.79. The normalized spacial score (nSPS) is 13.2. The second-order valence-corrected chi connectivity index (χ2v) is 6.73. The van der Waals surface area contributed by atoms with Crippen LogP contribution in [0.5, 0.6) is 0 Å². The van der Waals surface area contributed by atoms with E-state index >= 15 is 0 Å². The smallest absolute Gasteiger partial charge is 0.124 e. The van der Waals surface area contributed by atoms with Crippen LogP contribution in [0.2, 0.25) is 0 Å². The quantitative estimate of drug-likeness (QED) is 0.855. The lowest BCUT2D eigenvalue weighted by Crippen LogP contribution is -2.42. The van der Waals surface area contributed by atoms with Gasteiger partial charge in [0.2, 0.25) is 0 Å². The minimum Gasteiger partial charge on any atom is -0.327 e. The molecule has 2 rings (SSSR count). The summed E-state index contributed by atoms with van der Waals surface area (Å²) in [5, 5.41) is 0. The van der Waals surface area contributed by atoms with Crippen LogP contribution in [0, 0.1) is 11.6 Å². The van der Waals surface area contributed by atoms with E-state index in [0.29, 0.717) is 10.9 Å². The molecule has 0 heterocycles. The Labute approximate surface area is 132 Å². The highest BCUT2D eigenvalue weighted by Gasteiger charge is 2.28. The molecule has 0 saturated carbocycles. The molecule has 2 N–H and O–H groups in total. The molecule has 2 aromatic rings. The average molecular weight is 354 g/mol. The topological polar surface area (TPSA) is 26.0 Å². The van der Waals surface area contributed by atoms with Gasteiger partial charge in [0.25, 0.3) is 0 Å². The minimum absolute atomic E-state index is 0.211. The highest BCUT2D eigenvalue weighted by atomic mass is 79.9. The van der Waals surface area contributed by atoms with Crippen LogP contribution in [0.1, 0.15) is 25.0 Å². The summed E-state index contributed by atoms with van der Waals surface area (Å²) >= 11 is 3.28. The van der Waals surface area contributed by atoms with Gasteiger partial charge in [-0.25, -0.2) is 8.78 Å². The first-order valence-corrected chi connectivity index (χ1v) is 7.55. The molecule has 2 aromatic carbocycles. The maximum Gasteiger partial charge on any atom is 0.124 e. The third-order valence-electron chi connectivity index (χ3n) is 3.89. The van der Waals surface area contributed by atoms with Gasteiger partial charge < -0.3 is 5.73 Å². The summed E-state index contributed by atoms with van der Waals surface area (Å²) in [6, 6.07) is 10.9. The predicted octanol–water partition coefficient (Wildman–Crippen LogP) is 4.57. The van der Waals surface area contributed by atoms with Crippen molar-refractivity contribution in [3.8, 4) is 0 Å². The molecule has 1 atom stereocenters. The molecule has 0 aliphatic rings. The summed E-state index contributed by atoms with van der Waals surface area (Å²) in [6.07, 6.45) is 0.542. The molecule has 0 spiro atoms. The molecule has 4 heteroatoms. The molecular formula is C17H18BrF2N. The van der Waals surface area contributed by atoms with Crippen molar-refractivity contribution in [1.82, 2.24) is 0 Å². The van der Waals surface area contributed by atoms with E-state index in [1.54, 1.807) is 12.1 Å². The van der Waals surface area contributed by atoms with E-state index in [0.717, 1.165) is 11.1 Å². The van der Waals surface area contributed by atoms with Crippen molar-refractivity contribution in [3.63, 3.8) is 0 Å². The molecule has 0 fully saturated rings. The van der Waals surface area contributed by atoms with E-state index < -0.39 is 0 Å². The first kappa shape index (κ1) is 16.1. The minimum atomic E-state index is -0.341. The maximum absolute atomic E-state index is 13.4. The fourth-order valence-electron chi connectivity index (χ4n) is 2.33. The SMILES string of the molecule is CC(C)(c1ccc(F)cc1)C(N)Cc1cc(F)cc(Br)c1. The predicted molar refractivity (Wildman–Crippen MR) is 85.2 cm³/mol. The number of hydrogen-bond donors (Lipinski definition) is 1. The summed E-state index contributed by atoms with van der Waals surface area (Å²) in [5.41, 5.74) is 7.78. The molecule has 21 heavy (non-hydrogen) atoms. The van der Waals surface area contributed by atoms with Crippen LogP contribution in [0.4, 0.5) is 8.78 Å². The maximum atomic E-state index is 13.4. The van der Waals surface area contributed by atoms with Gasteiger partial charge in [-0.2, -0.15) is 0 Å². The van der Waals surface area contributed by atoms with Crippen molar-refractivity contribution in [2.45, 2.75) is 31.7 Å². The Morgan fingerprint density at radius 1 is 1.05 bits per heavy atom. The Morgan fingerprint density at radius 3 is 2.24 bits per heavy atom. The van der Waals surface area contributed by atoms with Crippen molar-refractivity contribution >= 4 is 15.9 Å². The van der Waals surface area contributed by atoms with Gasteiger partial charge in [-0.05, 0) is 47.9 Å². The molecule has 0 aliphatic heterocycles. The molecule has 0 saturated heterocycles. The molecule has 0 radical (unpaired) electrons. The lowest BCUT2D eigenvalue weighted by molar-refractivity contribution is 0.405. The number of hydrogen-bond acceptors (Lipinski definition) is 1. The molecular weight excluding hydrogens is 336 g/mol. The molecule has 112 valence electrons. The Bertz CT molecular complexity index is 603. The third-order valence-corrected chi connectivity index (χ3v) is 4.35. The van der Waals surface area contributed by atoms with Crippen LogP contribution in [0.15, 0.2) is 46.9 Å². The third kappa shape index (κ3) is 3.89. The van der Waals surface area contributed by atoms with Crippen LogP contribution >= 0.6 is 15.9 Å². The number of halogens is 3. The van der Waals surface area contributed by atoms with E-state index in [-0.39, 0.29) is 23.1 Å². The lowest BCUT2D eigenvalue weighted by atomic mass is 9.76. The largest absolute Gasteiger partial charge is 0.327 e. The van der Waals surface area contributed by atoms with Crippen molar-refractivity contribution in [1.29, 1.82) is 0 Å². The second kappa shape index (κ2) is 6.24. The van der Waals surface area contributed by atoms with E-state index in [9.17, 15) is 8.78 Å². The zero-order valence-electron chi connectivity index (χ0n) is 12.0. The molecule has 1 nitrogen and oxygen atoms in total. The zero-order chi connectivity index (χ0) is 15.6. The summed E-state index contributed by atoms with van der Waals surface area (Å²) in [6.45, 7) is 4.03. The van der Waals surface area contributed by atoms with Gasteiger partial charge in [-0.15, -0.1) is 0 Å². The van der Waals surface area contributed by atoms with Crippen molar-refractivity contribution in [2.24, 2.45) is 5.73 Å². The summed E-state index contributed by atoms with van der Waals surface area (Å²) in [7, 11) is 0. The second-order valence-electron chi connectivity index (χ2n) is 5.82. The van der Waals surface area contributed by atoms with Crippen LogP contribution in [0.25, 0.3) is 0 Å². The van der Waals surface area contributed by atoms with Crippen molar-refractivity contribution in [2.75, 3.05) is 0 Å². The Hall–Kier alpha value is -1.26. The molecule has 0 aliphatic carbocycles. The van der Waals surface area contributed by atoms with Crippen LogP contribution in [-0.2, 0) is 11.8 Å². The standard InChI is InChI=1S/C17H18BrF2N/c1-17(2,12-3-5-14(19)6-4-12)16(21)9-11-7-13(18)10-15(20)8-11/h3-8,10,16H,9,21H2,1-2H3. The molecule has 0 amide bonds. The molecule has 0 aromatic heterocycles. The molecule has 1 unspecified atom stereocenters. The van der Waals surface area contributed by atoms with E-state index in [4.69, 9.17) is 5.73 Å². The summed E-state index contributed by atoms with van der Waals surface area (Å²) in [5.74, 6) is -0.552. The van der Waals surface area contributed by atoms with Gasteiger partial charge in [-0.1, -0.05) is 41.9 Å². The number of nitrogens with two attached hydrogens (primary N) is 1. The highest BCUT2D eigenvalue weighted by Crippen LogP contribution is 2.29. The van der Waals surface area contributed by atoms with Crippen molar-refractivity contribution in [3.05, 3.63) is 69.7 Å². The van der Waals surface area contributed by atoms with Gasteiger partial charge >= 0.3 is 0 Å². The summed E-state index contributed by atoms with van der Waals surface area (Å²) < 4.78 is 27.2. The Morgan fingerprint density at radius 2 is 1.67 bits per heavy atom.